The van der Waals surface area contributed by atoms with E-state index in [4.69, 9.17) is 11.6 Å². The van der Waals surface area contributed by atoms with Crippen molar-refractivity contribution in [1.29, 1.82) is 0 Å². The number of benzene rings is 2. The van der Waals surface area contributed by atoms with Crippen molar-refractivity contribution in [2.45, 2.75) is 13.5 Å². The maximum atomic E-state index is 11.3. The summed E-state index contributed by atoms with van der Waals surface area (Å²) < 4.78 is 0. The largest absolute Gasteiger partial charge is 0.478 e. The van der Waals surface area contributed by atoms with Crippen LogP contribution in [0.2, 0.25) is 5.02 Å². The first-order valence-corrected chi connectivity index (χ1v) is 6.65. The van der Waals surface area contributed by atoms with Gasteiger partial charge in [0.15, 0.2) is 0 Å². The van der Waals surface area contributed by atoms with E-state index >= 15 is 0 Å². The number of anilines is 1. The van der Waals surface area contributed by atoms with Crippen LogP contribution in [0.5, 0.6) is 0 Å². The average Bonchev–Trinajstić information content (AvgIpc) is 2.38. The van der Waals surface area contributed by atoms with Crippen molar-refractivity contribution >= 4 is 23.3 Å². The van der Waals surface area contributed by atoms with E-state index in [0.29, 0.717) is 17.3 Å². The Hall–Kier alpha value is -2.00. The van der Waals surface area contributed by atoms with Gasteiger partial charge in [0, 0.05) is 13.6 Å². The van der Waals surface area contributed by atoms with Gasteiger partial charge < -0.3 is 10.0 Å². The van der Waals surface area contributed by atoms with E-state index in [1.807, 2.05) is 37.1 Å². The lowest BCUT2D eigenvalue weighted by Crippen LogP contribution is -2.20. The summed E-state index contributed by atoms with van der Waals surface area (Å²) in [6, 6.07) is 13.0. The molecule has 0 unspecified atom stereocenters. The number of rotatable bonds is 4. The number of carboxylic acid groups (broad SMARTS) is 1. The number of nitrogens with zero attached hydrogens (tertiary/aromatic N) is 1. The number of aromatic carboxylic acids is 1. The molecule has 4 heteroatoms. The van der Waals surface area contributed by atoms with E-state index in [-0.39, 0.29) is 5.56 Å². The Morgan fingerprint density at radius 2 is 1.95 bits per heavy atom. The maximum Gasteiger partial charge on any atom is 0.337 e. The minimum atomic E-state index is -0.974. The Labute approximate surface area is 123 Å². The molecule has 0 saturated carbocycles. The van der Waals surface area contributed by atoms with E-state index in [1.54, 1.807) is 18.2 Å². The zero-order valence-electron chi connectivity index (χ0n) is 11.4. The first-order valence-electron chi connectivity index (χ1n) is 6.27. The monoisotopic (exact) mass is 289 g/mol. The molecular weight excluding hydrogens is 274 g/mol. The van der Waals surface area contributed by atoms with E-state index in [2.05, 4.69) is 6.07 Å². The van der Waals surface area contributed by atoms with Crippen LogP contribution in [0.1, 0.15) is 21.5 Å². The normalized spacial score (nSPS) is 10.3. The van der Waals surface area contributed by atoms with Crippen molar-refractivity contribution in [2.75, 3.05) is 11.9 Å². The Balaban J connectivity index is 2.34. The van der Waals surface area contributed by atoms with Crippen LogP contribution in [0.3, 0.4) is 0 Å². The molecule has 2 rings (SSSR count). The number of para-hydroxylation sites is 1. The second-order valence-electron chi connectivity index (χ2n) is 4.79. The van der Waals surface area contributed by atoms with Gasteiger partial charge in [0.1, 0.15) is 0 Å². The van der Waals surface area contributed by atoms with Gasteiger partial charge in [0.2, 0.25) is 0 Å². The van der Waals surface area contributed by atoms with E-state index in [9.17, 15) is 9.90 Å². The third-order valence-electron chi connectivity index (χ3n) is 3.10. The highest BCUT2D eigenvalue weighted by Gasteiger charge is 2.16. The molecule has 0 aliphatic carbocycles. The predicted molar refractivity (Wildman–Crippen MR) is 81.7 cm³/mol. The molecule has 0 aromatic heterocycles. The lowest BCUT2D eigenvalue weighted by molar-refractivity contribution is 0.0697. The predicted octanol–water partition coefficient (Wildman–Crippen LogP) is 3.98. The average molecular weight is 290 g/mol. The Bertz CT molecular complexity index is 640. The molecule has 0 spiro atoms. The fourth-order valence-electron chi connectivity index (χ4n) is 2.24. The van der Waals surface area contributed by atoms with Gasteiger partial charge in [0.25, 0.3) is 0 Å². The molecule has 0 radical (unpaired) electrons. The topological polar surface area (TPSA) is 40.5 Å². The summed E-state index contributed by atoms with van der Waals surface area (Å²) in [7, 11) is 1.84. The Morgan fingerprint density at radius 3 is 2.60 bits per heavy atom. The fraction of sp³-hybridized carbons (Fsp3) is 0.188. The smallest absolute Gasteiger partial charge is 0.337 e. The zero-order chi connectivity index (χ0) is 14.7. The summed E-state index contributed by atoms with van der Waals surface area (Å²) in [5.74, 6) is -0.974. The van der Waals surface area contributed by atoms with Gasteiger partial charge in [0.05, 0.1) is 16.3 Å². The summed E-state index contributed by atoms with van der Waals surface area (Å²) in [4.78, 5) is 13.2. The molecule has 0 aliphatic heterocycles. The standard InChI is InChI=1S/C16H16ClNO2/c1-11-5-3-6-12(9-11)10-18(2)15-13(16(19)20)7-4-8-14(15)17/h3-9H,10H2,1-2H3,(H,19,20). The minimum absolute atomic E-state index is 0.215. The van der Waals surface area contributed by atoms with Crippen molar-refractivity contribution in [3.8, 4) is 0 Å². The second-order valence-corrected chi connectivity index (χ2v) is 5.19. The van der Waals surface area contributed by atoms with Crippen LogP contribution in [-0.2, 0) is 6.54 Å². The highest BCUT2D eigenvalue weighted by Crippen LogP contribution is 2.30. The van der Waals surface area contributed by atoms with E-state index < -0.39 is 5.97 Å². The first-order chi connectivity index (χ1) is 9.49. The van der Waals surface area contributed by atoms with Gasteiger partial charge in [-0.1, -0.05) is 47.5 Å². The molecule has 3 nitrogen and oxygen atoms in total. The molecule has 104 valence electrons. The number of halogens is 1. The molecule has 0 fully saturated rings. The van der Waals surface area contributed by atoms with Crippen molar-refractivity contribution in [1.82, 2.24) is 0 Å². The van der Waals surface area contributed by atoms with Crippen LogP contribution in [0.15, 0.2) is 42.5 Å². The number of hydrogen-bond donors (Lipinski definition) is 1. The molecule has 0 saturated heterocycles. The first kappa shape index (κ1) is 14.4. The maximum absolute atomic E-state index is 11.3. The van der Waals surface area contributed by atoms with Gasteiger partial charge in [-0.15, -0.1) is 0 Å². The number of carbonyl (C=O) groups is 1. The molecule has 1 N–H and O–H groups in total. The van der Waals surface area contributed by atoms with Crippen LogP contribution in [-0.4, -0.2) is 18.1 Å². The van der Waals surface area contributed by atoms with Crippen molar-refractivity contribution in [3.05, 3.63) is 64.2 Å². The summed E-state index contributed by atoms with van der Waals surface area (Å²) in [6.45, 7) is 2.63. The molecule has 20 heavy (non-hydrogen) atoms. The summed E-state index contributed by atoms with van der Waals surface area (Å²) >= 11 is 6.16. The lowest BCUT2D eigenvalue weighted by atomic mass is 10.1. The molecule has 2 aromatic rings. The zero-order valence-corrected chi connectivity index (χ0v) is 12.2. The Morgan fingerprint density at radius 1 is 1.25 bits per heavy atom. The van der Waals surface area contributed by atoms with Crippen LogP contribution in [0.4, 0.5) is 5.69 Å². The highest BCUT2D eigenvalue weighted by molar-refractivity contribution is 6.34. The van der Waals surface area contributed by atoms with Crippen LogP contribution < -0.4 is 4.90 Å². The van der Waals surface area contributed by atoms with Gasteiger partial charge in [-0.25, -0.2) is 4.79 Å². The Kier molecular flexibility index (Phi) is 4.30. The van der Waals surface area contributed by atoms with Gasteiger partial charge >= 0.3 is 5.97 Å². The molecule has 0 amide bonds. The summed E-state index contributed by atoms with van der Waals surface area (Å²) in [6.07, 6.45) is 0. The van der Waals surface area contributed by atoms with Gasteiger partial charge in [-0.2, -0.15) is 0 Å². The van der Waals surface area contributed by atoms with Crippen molar-refractivity contribution < 1.29 is 9.90 Å². The van der Waals surface area contributed by atoms with E-state index in [0.717, 1.165) is 5.56 Å². The van der Waals surface area contributed by atoms with Crippen molar-refractivity contribution in [2.24, 2.45) is 0 Å². The fourth-order valence-corrected chi connectivity index (χ4v) is 2.56. The molecule has 0 bridgehead atoms. The molecule has 2 aromatic carbocycles. The third kappa shape index (κ3) is 3.11. The van der Waals surface area contributed by atoms with Gasteiger partial charge in [-0.05, 0) is 24.6 Å². The number of carboxylic acids is 1. The molecule has 0 aliphatic rings. The van der Waals surface area contributed by atoms with Crippen LogP contribution in [0.25, 0.3) is 0 Å². The lowest BCUT2D eigenvalue weighted by Gasteiger charge is -2.22. The summed E-state index contributed by atoms with van der Waals surface area (Å²) in [5.41, 5.74) is 3.05. The molecule has 0 atom stereocenters. The van der Waals surface area contributed by atoms with Crippen molar-refractivity contribution in [3.63, 3.8) is 0 Å². The number of aryl methyl sites for hydroxylation is 1. The third-order valence-corrected chi connectivity index (χ3v) is 3.41. The minimum Gasteiger partial charge on any atom is -0.478 e. The molecule has 0 heterocycles. The SMILES string of the molecule is Cc1cccc(CN(C)c2c(Cl)cccc2C(=O)O)c1. The van der Waals surface area contributed by atoms with Crippen LogP contribution in [0, 0.1) is 6.92 Å². The summed E-state index contributed by atoms with van der Waals surface area (Å²) in [5, 5.41) is 9.71. The number of hydrogen-bond acceptors (Lipinski definition) is 2. The van der Waals surface area contributed by atoms with E-state index in [1.165, 1.54) is 5.56 Å². The quantitative estimate of drug-likeness (QED) is 0.925. The highest BCUT2D eigenvalue weighted by atomic mass is 35.5. The molecular formula is C16H16ClNO2. The van der Waals surface area contributed by atoms with Crippen LogP contribution >= 0.6 is 11.6 Å². The van der Waals surface area contributed by atoms with Gasteiger partial charge in [-0.3, -0.25) is 0 Å². The second kappa shape index (κ2) is 5.97.